The first kappa shape index (κ1) is 26.3. The first-order chi connectivity index (χ1) is 14.5. The quantitative estimate of drug-likeness (QED) is 0.597. The van der Waals surface area contributed by atoms with E-state index in [2.05, 4.69) is 0 Å². The molecule has 0 saturated heterocycles. The molecule has 1 amide bonds. The number of Topliss-reactive ketones (excluding diaryl/α,β-unsaturated/α-hetero) is 1. The van der Waals surface area contributed by atoms with Gasteiger partial charge in [-0.25, -0.2) is 12.8 Å². The zero-order valence-electron chi connectivity index (χ0n) is 17.7. The van der Waals surface area contributed by atoms with Gasteiger partial charge in [-0.05, 0) is 35.7 Å². The fourth-order valence-electron chi connectivity index (χ4n) is 3.44. The van der Waals surface area contributed by atoms with E-state index in [1.807, 2.05) is 13.8 Å². The molecule has 0 fully saturated rings. The van der Waals surface area contributed by atoms with Crippen molar-refractivity contribution < 1.29 is 22.4 Å². The van der Waals surface area contributed by atoms with Crippen LogP contribution in [0.2, 0.25) is 5.02 Å². The SMILES string of the molecule is CCC(C)CC(=O)c1cc2c(cc1F)S(=O)(=O)C[C@H](N)C(=O)N2Cc1ccc(Cl)cc1.Cl. The minimum absolute atomic E-state index is 0. The highest BCUT2D eigenvalue weighted by molar-refractivity contribution is 7.91. The summed E-state index contributed by atoms with van der Waals surface area (Å²) in [5.41, 5.74) is 6.26. The minimum atomic E-state index is -4.05. The number of amides is 1. The molecule has 3 rings (SSSR count). The van der Waals surface area contributed by atoms with Crippen LogP contribution in [0.25, 0.3) is 0 Å². The van der Waals surface area contributed by atoms with Crippen molar-refractivity contribution in [1.82, 2.24) is 0 Å². The van der Waals surface area contributed by atoms with E-state index in [-0.39, 0.29) is 47.4 Å². The molecule has 1 heterocycles. The second-order valence-electron chi connectivity index (χ2n) is 7.88. The number of hydrogen-bond acceptors (Lipinski definition) is 5. The van der Waals surface area contributed by atoms with Crippen LogP contribution in [0, 0.1) is 11.7 Å². The summed E-state index contributed by atoms with van der Waals surface area (Å²) < 4.78 is 40.5. The van der Waals surface area contributed by atoms with Crippen molar-refractivity contribution in [3.05, 3.63) is 58.4 Å². The zero-order chi connectivity index (χ0) is 22.9. The molecular weight excluding hydrogens is 478 g/mol. The van der Waals surface area contributed by atoms with Gasteiger partial charge in [0.05, 0.1) is 34.5 Å². The van der Waals surface area contributed by atoms with Crippen LogP contribution in [0.1, 0.15) is 42.6 Å². The minimum Gasteiger partial charge on any atom is -0.319 e. The normalized spacial score (nSPS) is 18.3. The Balaban J connectivity index is 0.00000363. The molecule has 0 aromatic heterocycles. The average Bonchev–Trinajstić information content (AvgIpc) is 2.77. The number of carbonyl (C=O) groups is 2. The van der Waals surface area contributed by atoms with E-state index in [1.165, 1.54) is 11.0 Å². The predicted molar refractivity (Wildman–Crippen MR) is 125 cm³/mol. The Labute approximate surface area is 198 Å². The van der Waals surface area contributed by atoms with Gasteiger partial charge in [-0.1, -0.05) is 44.0 Å². The number of benzene rings is 2. The van der Waals surface area contributed by atoms with Gasteiger partial charge in [0.1, 0.15) is 5.82 Å². The molecule has 32 heavy (non-hydrogen) atoms. The Kier molecular flexibility index (Phi) is 8.44. The molecule has 10 heteroatoms. The summed E-state index contributed by atoms with van der Waals surface area (Å²) in [5, 5.41) is 0.505. The van der Waals surface area contributed by atoms with E-state index < -0.39 is 39.1 Å². The second kappa shape index (κ2) is 10.3. The summed E-state index contributed by atoms with van der Waals surface area (Å²) >= 11 is 5.92. The number of rotatable bonds is 6. The van der Waals surface area contributed by atoms with Gasteiger partial charge in [0.2, 0.25) is 5.91 Å². The summed E-state index contributed by atoms with van der Waals surface area (Å²) in [6.07, 6.45) is 0.853. The van der Waals surface area contributed by atoms with Crippen molar-refractivity contribution in [3.63, 3.8) is 0 Å². The monoisotopic (exact) mass is 502 g/mol. The highest BCUT2D eigenvalue weighted by atomic mass is 35.5. The van der Waals surface area contributed by atoms with Crippen LogP contribution < -0.4 is 10.6 Å². The van der Waals surface area contributed by atoms with Gasteiger partial charge in [0.25, 0.3) is 0 Å². The van der Waals surface area contributed by atoms with Crippen molar-refractivity contribution in [3.8, 4) is 0 Å². The van der Waals surface area contributed by atoms with Crippen LogP contribution in [0.15, 0.2) is 41.3 Å². The molecule has 1 unspecified atom stereocenters. The molecular formula is C22H25Cl2FN2O4S. The van der Waals surface area contributed by atoms with Crippen LogP contribution in [-0.4, -0.2) is 31.9 Å². The molecule has 1 aliphatic rings. The summed E-state index contributed by atoms with van der Waals surface area (Å²) in [7, 11) is -4.05. The summed E-state index contributed by atoms with van der Waals surface area (Å²) in [6, 6.07) is 7.35. The van der Waals surface area contributed by atoms with Gasteiger partial charge in [-0.15, -0.1) is 12.4 Å². The maximum atomic E-state index is 14.8. The molecule has 2 aromatic carbocycles. The van der Waals surface area contributed by atoms with Gasteiger partial charge in [-0.3, -0.25) is 9.59 Å². The predicted octanol–water partition coefficient (Wildman–Crippen LogP) is 4.17. The average molecular weight is 503 g/mol. The topological polar surface area (TPSA) is 97.5 Å². The lowest BCUT2D eigenvalue weighted by Gasteiger charge is -2.25. The summed E-state index contributed by atoms with van der Waals surface area (Å²) in [4.78, 5) is 26.5. The Morgan fingerprint density at radius 1 is 1.28 bits per heavy atom. The van der Waals surface area contributed by atoms with E-state index in [9.17, 15) is 22.4 Å². The number of fused-ring (bicyclic) bond motifs is 1. The van der Waals surface area contributed by atoms with Crippen molar-refractivity contribution in [2.45, 2.75) is 44.2 Å². The van der Waals surface area contributed by atoms with Crippen molar-refractivity contribution in [2.24, 2.45) is 11.7 Å². The van der Waals surface area contributed by atoms with Crippen molar-refractivity contribution in [2.75, 3.05) is 10.7 Å². The summed E-state index contributed by atoms with van der Waals surface area (Å²) in [6.45, 7) is 3.79. The molecule has 2 atom stereocenters. The number of halogens is 3. The third kappa shape index (κ3) is 5.49. The third-order valence-electron chi connectivity index (χ3n) is 5.44. The van der Waals surface area contributed by atoms with Gasteiger partial charge < -0.3 is 10.6 Å². The Morgan fingerprint density at radius 3 is 2.50 bits per heavy atom. The lowest BCUT2D eigenvalue weighted by atomic mass is 9.97. The third-order valence-corrected chi connectivity index (χ3v) is 7.49. The van der Waals surface area contributed by atoms with E-state index in [0.29, 0.717) is 10.6 Å². The van der Waals surface area contributed by atoms with Gasteiger partial charge in [0, 0.05) is 11.4 Å². The van der Waals surface area contributed by atoms with Gasteiger partial charge in [0.15, 0.2) is 15.6 Å². The molecule has 0 radical (unpaired) electrons. The molecule has 0 spiro atoms. The maximum absolute atomic E-state index is 14.8. The van der Waals surface area contributed by atoms with Crippen LogP contribution in [0.3, 0.4) is 0 Å². The highest BCUT2D eigenvalue weighted by Crippen LogP contribution is 2.34. The largest absolute Gasteiger partial charge is 0.319 e. The first-order valence-corrected chi connectivity index (χ1v) is 12.0. The molecule has 0 bridgehead atoms. The number of ketones is 1. The number of anilines is 1. The van der Waals surface area contributed by atoms with E-state index in [1.54, 1.807) is 24.3 Å². The molecule has 0 aliphatic carbocycles. The number of nitrogens with two attached hydrogens (primary N) is 1. The smallest absolute Gasteiger partial charge is 0.245 e. The number of carbonyl (C=O) groups excluding carboxylic acids is 2. The molecule has 6 nitrogen and oxygen atoms in total. The van der Waals surface area contributed by atoms with Crippen molar-refractivity contribution in [1.29, 1.82) is 0 Å². The van der Waals surface area contributed by atoms with Gasteiger partial charge in [-0.2, -0.15) is 0 Å². The second-order valence-corrected chi connectivity index (χ2v) is 10.3. The molecule has 174 valence electrons. The van der Waals surface area contributed by atoms with E-state index >= 15 is 0 Å². The number of nitrogens with zero attached hydrogens (tertiary/aromatic N) is 1. The fraction of sp³-hybridized carbons (Fsp3) is 0.364. The van der Waals surface area contributed by atoms with Crippen LogP contribution in [0.5, 0.6) is 0 Å². The van der Waals surface area contributed by atoms with Crippen LogP contribution in [0.4, 0.5) is 10.1 Å². The number of sulfone groups is 1. The lowest BCUT2D eigenvalue weighted by Crippen LogP contribution is -2.45. The van der Waals surface area contributed by atoms with Gasteiger partial charge >= 0.3 is 0 Å². The summed E-state index contributed by atoms with van der Waals surface area (Å²) in [5.74, 6) is -2.60. The lowest BCUT2D eigenvalue weighted by molar-refractivity contribution is -0.119. The molecule has 2 aromatic rings. The Bertz CT molecular complexity index is 1120. The Hall–Kier alpha value is -2.00. The van der Waals surface area contributed by atoms with E-state index in [0.717, 1.165) is 12.5 Å². The maximum Gasteiger partial charge on any atom is 0.245 e. The first-order valence-electron chi connectivity index (χ1n) is 9.94. The van der Waals surface area contributed by atoms with E-state index in [4.69, 9.17) is 17.3 Å². The Morgan fingerprint density at radius 2 is 1.91 bits per heavy atom. The molecule has 2 N–H and O–H groups in total. The van der Waals surface area contributed by atoms with Crippen LogP contribution in [-0.2, 0) is 21.2 Å². The molecule has 0 saturated carbocycles. The standard InChI is InChI=1S/C22H24ClFN2O4S.ClH/c1-3-13(2)8-20(27)16-9-19-21(10-17(16)24)31(29,30)12-18(25)22(28)26(19)11-14-4-6-15(23)7-5-14;/h4-7,9-10,13,18H,3,8,11-12,25H2,1-2H3;1H/t13?,18-;/m0./s1. The van der Waals surface area contributed by atoms with Crippen LogP contribution >= 0.6 is 24.0 Å². The highest BCUT2D eigenvalue weighted by Gasteiger charge is 2.37. The number of hydrogen-bond donors (Lipinski definition) is 1. The molecule has 1 aliphatic heterocycles. The fourth-order valence-corrected chi connectivity index (χ4v) is 5.13. The van der Waals surface area contributed by atoms with Crippen molar-refractivity contribution >= 4 is 51.2 Å². The zero-order valence-corrected chi connectivity index (χ0v) is 20.1.